The van der Waals surface area contributed by atoms with Crippen molar-refractivity contribution >= 4 is 6.03 Å². The quantitative estimate of drug-likeness (QED) is 0.836. The number of ether oxygens (including phenoxy) is 1. The first kappa shape index (κ1) is 18.9. The molecule has 1 heterocycles. The highest BCUT2D eigenvalue weighted by atomic mass is 16.5. The topological polar surface area (TPSA) is 63.2 Å². The van der Waals surface area contributed by atoms with E-state index in [1.54, 1.807) is 12.4 Å². The van der Waals surface area contributed by atoms with Crippen molar-refractivity contribution in [1.82, 2.24) is 15.6 Å². The van der Waals surface area contributed by atoms with Gasteiger partial charge in [-0.1, -0.05) is 24.3 Å². The highest BCUT2D eigenvalue weighted by Crippen LogP contribution is 2.13. The molecule has 0 saturated heterocycles. The molecule has 0 spiro atoms. The number of carbonyl (C=O) groups is 1. The fourth-order valence-electron chi connectivity index (χ4n) is 2.29. The number of amides is 2. The minimum Gasteiger partial charge on any atom is -0.371 e. The fourth-order valence-corrected chi connectivity index (χ4v) is 2.29. The van der Waals surface area contributed by atoms with E-state index in [-0.39, 0.29) is 17.7 Å². The van der Waals surface area contributed by atoms with Gasteiger partial charge in [-0.05, 0) is 56.5 Å². The number of pyridine rings is 1. The third kappa shape index (κ3) is 6.93. The van der Waals surface area contributed by atoms with E-state index < -0.39 is 0 Å². The molecule has 0 fully saturated rings. The van der Waals surface area contributed by atoms with Crippen LogP contribution in [-0.2, 0) is 17.9 Å². The van der Waals surface area contributed by atoms with Crippen molar-refractivity contribution in [3.05, 3.63) is 65.5 Å². The lowest BCUT2D eigenvalue weighted by Crippen LogP contribution is -2.36. The summed E-state index contributed by atoms with van der Waals surface area (Å²) in [5, 5.41) is 5.82. The second-order valence-electron chi connectivity index (χ2n) is 7.05. The number of benzene rings is 1. The average molecular weight is 341 g/mol. The van der Waals surface area contributed by atoms with Crippen LogP contribution >= 0.6 is 0 Å². The summed E-state index contributed by atoms with van der Waals surface area (Å²) in [5.41, 5.74) is 2.99. The molecule has 0 saturated carbocycles. The Hall–Kier alpha value is -2.40. The van der Waals surface area contributed by atoms with Crippen LogP contribution in [0.25, 0.3) is 0 Å². The van der Waals surface area contributed by atoms with Gasteiger partial charge in [-0.3, -0.25) is 4.98 Å². The summed E-state index contributed by atoms with van der Waals surface area (Å²) in [5.74, 6) is 0. The molecule has 1 aromatic heterocycles. The third-order valence-corrected chi connectivity index (χ3v) is 3.67. The largest absolute Gasteiger partial charge is 0.371 e. The lowest BCUT2D eigenvalue weighted by atomic mass is 10.1. The molecule has 25 heavy (non-hydrogen) atoms. The van der Waals surface area contributed by atoms with Crippen molar-refractivity contribution in [3.63, 3.8) is 0 Å². The third-order valence-electron chi connectivity index (χ3n) is 3.67. The van der Waals surface area contributed by atoms with Crippen molar-refractivity contribution < 1.29 is 9.53 Å². The number of nitrogens with one attached hydrogen (secondary N) is 2. The van der Waals surface area contributed by atoms with E-state index in [4.69, 9.17) is 4.74 Å². The van der Waals surface area contributed by atoms with Crippen molar-refractivity contribution in [3.8, 4) is 0 Å². The average Bonchev–Trinajstić information content (AvgIpc) is 2.59. The first-order valence-corrected chi connectivity index (χ1v) is 8.49. The van der Waals surface area contributed by atoms with E-state index in [0.29, 0.717) is 13.2 Å². The Morgan fingerprint density at radius 2 is 1.84 bits per heavy atom. The molecule has 2 rings (SSSR count). The highest BCUT2D eigenvalue weighted by Gasteiger charge is 2.11. The second-order valence-corrected chi connectivity index (χ2v) is 7.05. The van der Waals surface area contributed by atoms with Gasteiger partial charge in [0.05, 0.1) is 18.2 Å². The molecule has 0 radical (unpaired) electrons. The summed E-state index contributed by atoms with van der Waals surface area (Å²) in [7, 11) is 0. The molecule has 5 heteroatoms. The van der Waals surface area contributed by atoms with Crippen molar-refractivity contribution in [1.29, 1.82) is 0 Å². The van der Waals surface area contributed by atoms with Gasteiger partial charge >= 0.3 is 6.03 Å². The van der Waals surface area contributed by atoms with Crippen LogP contribution in [0.2, 0.25) is 0 Å². The zero-order chi connectivity index (χ0) is 18.3. The minimum absolute atomic E-state index is 0.0745. The predicted octanol–water partition coefficient (Wildman–Crippen LogP) is 3.96. The van der Waals surface area contributed by atoms with E-state index in [1.165, 1.54) is 0 Å². The number of hydrogen-bond acceptors (Lipinski definition) is 3. The molecule has 2 amide bonds. The molecule has 2 aromatic rings. The van der Waals surface area contributed by atoms with E-state index >= 15 is 0 Å². The van der Waals surface area contributed by atoms with Crippen LogP contribution in [0.1, 0.15) is 50.4 Å². The smallest absolute Gasteiger partial charge is 0.315 e. The van der Waals surface area contributed by atoms with Crippen LogP contribution in [-0.4, -0.2) is 16.6 Å². The number of carbonyl (C=O) groups excluding carboxylic acids is 1. The molecule has 2 N–H and O–H groups in total. The van der Waals surface area contributed by atoms with Gasteiger partial charge in [0.2, 0.25) is 0 Å². The number of urea groups is 1. The van der Waals surface area contributed by atoms with Gasteiger partial charge in [0.15, 0.2) is 0 Å². The Labute approximate surface area is 149 Å². The second kappa shape index (κ2) is 8.62. The highest BCUT2D eigenvalue weighted by molar-refractivity contribution is 5.74. The minimum atomic E-state index is -0.194. The predicted molar refractivity (Wildman–Crippen MR) is 99.0 cm³/mol. The monoisotopic (exact) mass is 341 g/mol. The number of hydrogen-bond donors (Lipinski definition) is 2. The Morgan fingerprint density at radius 3 is 2.52 bits per heavy atom. The van der Waals surface area contributed by atoms with E-state index in [9.17, 15) is 4.79 Å². The molecule has 134 valence electrons. The molecule has 0 aliphatic rings. The molecule has 0 aliphatic heterocycles. The molecule has 5 nitrogen and oxygen atoms in total. The van der Waals surface area contributed by atoms with Gasteiger partial charge < -0.3 is 15.4 Å². The van der Waals surface area contributed by atoms with E-state index in [0.717, 1.165) is 16.7 Å². The Bertz CT molecular complexity index is 681. The molecular weight excluding hydrogens is 314 g/mol. The lowest BCUT2D eigenvalue weighted by Gasteiger charge is -2.19. The maximum atomic E-state index is 12.1. The molecular formula is C20H27N3O2. The maximum Gasteiger partial charge on any atom is 0.315 e. The van der Waals surface area contributed by atoms with Gasteiger partial charge in [0.1, 0.15) is 0 Å². The summed E-state index contributed by atoms with van der Waals surface area (Å²) < 4.78 is 5.79. The van der Waals surface area contributed by atoms with Gasteiger partial charge in [-0.2, -0.15) is 0 Å². The van der Waals surface area contributed by atoms with Crippen molar-refractivity contribution in [2.45, 2.75) is 52.5 Å². The van der Waals surface area contributed by atoms with Crippen LogP contribution in [0.5, 0.6) is 0 Å². The Morgan fingerprint density at radius 1 is 1.16 bits per heavy atom. The van der Waals surface area contributed by atoms with E-state index in [1.807, 2.05) is 58.0 Å². The maximum absolute atomic E-state index is 12.1. The van der Waals surface area contributed by atoms with Gasteiger partial charge in [0, 0.05) is 18.9 Å². The number of nitrogens with zero attached hydrogens (tertiary/aromatic N) is 1. The zero-order valence-corrected chi connectivity index (χ0v) is 15.4. The summed E-state index contributed by atoms with van der Waals surface area (Å²) in [6.45, 7) is 9.08. The summed E-state index contributed by atoms with van der Waals surface area (Å²) in [4.78, 5) is 16.1. The zero-order valence-electron chi connectivity index (χ0n) is 15.4. The van der Waals surface area contributed by atoms with Crippen LogP contribution in [0, 0.1) is 0 Å². The van der Waals surface area contributed by atoms with Crippen molar-refractivity contribution in [2.75, 3.05) is 0 Å². The first-order chi connectivity index (χ1) is 11.8. The van der Waals surface area contributed by atoms with Gasteiger partial charge in [-0.25, -0.2) is 4.79 Å². The van der Waals surface area contributed by atoms with E-state index in [2.05, 4.69) is 21.7 Å². The number of rotatable bonds is 6. The van der Waals surface area contributed by atoms with Crippen LogP contribution < -0.4 is 10.6 Å². The Kier molecular flexibility index (Phi) is 6.53. The first-order valence-electron chi connectivity index (χ1n) is 8.49. The van der Waals surface area contributed by atoms with Crippen LogP contribution in [0.15, 0.2) is 48.8 Å². The van der Waals surface area contributed by atoms with Gasteiger partial charge in [-0.15, -0.1) is 0 Å². The number of aromatic nitrogens is 1. The van der Waals surface area contributed by atoms with Crippen molar-refractivity contribution in [2.24, 2.45) is 0 Å². The summed E-state index contributed by atoms with van der Waals surface area (Å²) in [6.07, 6.45) is 3.44. The van der Waals surface area contributed by atoms with Crippen LogP contribution in [0.3, 0.4) is 0 Å². The molecule has 0 aliphatic carbocycles. The standard InChI is InChI=1S/C20H27N3O2/c1-15(18-8-10-21-11-9-18)23-19(24)22-13-16-6-5-7-17(12-16)14-25-20(2,3)4/h5-12,15H,13-14H2,1-4H3,(H2,22,23,24). The summed E-state index contributed by atoms with van der Waals surface area (Å²) in [6, 6.07) is 11.6. The van der Waals surface area contributed by atoms with Gasteiger partial charge in [0.25, 0.3) is 0 Å². The normalized spacial score (nSPS) is 12.5. The molecule has 1 aromatic carbocycles. The Balaban J connectivity index is 1.83. The SMILES string of the molecule is CC(NC(=O)NCc1cccc(COC(C)(C)C)c1)c1ccncc1. The fraction of sp³-hybridized carbons (Fsp3) is 0.400. The molecule has 1 atom stereocenters. The van der Waals surface area contributed by atoms with Crippen LogP contribution in [0.4, 0.5) is 4.79 Å². The summed E-state index contributed by atoms with van der Waals surface area (Å²) >= 11 is 0. The molecule has 1 unspecified atom stereocenters. The molecule has 0 bridgehead atoms. The lowest BCUT2D eigenvalue weighted by molar-refractivity contribution is -0.0149.